The minimum Gasteiger partial charge on any atom is -0.304 e. The molecule has 3 rings (SSSR count). The van der Waals surface area contributed by atoms with Gasteiger partial charge < -0.3 is 5.32 Å². The van der Waals surface area contributed by atoms with Gasteiger partial charge in [0, 0.05) is 21.9 Å². The molecule has 1 atom stereocenters. The molecule has 0 bridgehead atoms. The summed E-state index contributed by atoms with van der Waals surface area (Å²) in [6.07, 6.45) is 0. The number of thiophene rings is 1. The molecule has 0 spiro atoms. The minimum absolute atomic E-state index is 0.116. The van der Waals surface area contributed by atoms with Gasteiger partial charge in [0.25, 0.3) is 0 Å². The van der Waals surface area contributed by atoms with E-state index in [1.54, 1.807) is 23.5 Å². The van der Waals surface area contributed by atoms with Gasteiger partial charge in [-0.3, -0.25) is 0 Å². The Morgan fingerprint density at radius 1 is 1.32 bits per heavy atom. The van der Waals surface area contributed by atoms with Crippen molar-refractivity contribution >= 4 is 37.1 Å². The Labute approximate surface area is 124 Å². The fourth-order valence-corrected chi connectivity index (χ4v) is 5.50. The van der Waals surface area contributed by atoms with E-state index in [9.17, 15) is 8.42 Å². The average Bonchev–Trinajstić information content (AvgIpc) is 2.90. The zero-order chi connectivity index (χ0) is 13.5. The third kappa shape index (κ3) is 2.50. The van der Waals surface area contributed by atoms with Crippen molar-refractivity contribution in [2.24, 2.45) is 0 Å². The molecule has 0 amide bonds. The number of hydrogen-bond acceptors (Lipinski definition) is 4. The third-order valence-electron chi connectivity index (χ3n) is 3.22. The van der Waals surface area contributed by atoms with Gasteiger partial charge in [-0.1, -0.05) is 18.2 Å². The normalized spacial score (nSPS) is 20.4. The van der Waals surface area contributed by atoms with Gasteiger partial charge in [-0.2, -0.15) is 0 Å². The summed E-state index contributed by atoms with van der Waals surface area (Å²) in [5.41, 5.74) is 0.884. The number of nitrogens with one attached hydrogen (secondary N) is 1. The van der Waals surface area contributed by atoms with Gasteiger partial charge in [0.15, 0.2) is 9.84 Å². The van der Waals surface area contributed by atoms with E-state index < -0.39 is 9.84 Å². The van der Waals surface area contributed by atoms with Crippen molar-refractivity contribution in [2.75, 3.05) is 5.75 Å². The van der Waals surface area contributed by atoms with Crippen LogP contribution < -0.4 is 5.32 Å². The number of rotatable bonds is 3. The lowest BCUT2D eigenvalue weighted by Gasteiger charge is -2.11. The highest BCUT2D eigenvalue weighted by molar-refractivity contribution is 9.10. The molecule has 0 fully saturated rings. The SMILES string of the molecule is O=S1(=O)CC(NCc2sccc2Br)c2ccccc21. The Morgan fingerprint density at radius 3 is 2.84 bits per heavy atom. The van der Waals surface area contributed by atoms with Crippen LogP contribution in [-0.4, -0.2) is 14.2 Å². The predicted octanol–water partition coefficient (Wildman–Crippen LogP) is 3.13. The van der Waals surface area contributed by atoms with Crippen LogP contribution in [0, 0.1) is 0 Å². The van der Waals surface area contributed by atoms with Crippen LogP contribution in [0.2, 0.25) is 0 Å². The summed E-state index contributed by atoms with van der Waals surface area (Å²) < 4.78 is 25.2. The highest BCUT2D eigenvalue weighted by Crippen LogP contribution is 2.33. The van der Waals surface area contributed by atoms with Crippen LogP contribution in [0.4, 0.5) is 0 Å². The number of sulfone groups is 1. The first kappa shape index (κ1) is 13.3. The Hall–Kier alpha value is -0.690. The second kappa shape index (κ2) is 5.01. The monoisotopic (exact) mass is 357 g/mol. The molecule has 1 N–H and O–H groups in total. The molecule has 3 nitrogen and oxygen atoms in total. The molecule has 6 heteroatoms. The molecule has 1 unspecified atom stereocenters. The molecule has 2 aromatic rings. The Bertz CT molecular complexity index is 709. The van der Waals surface area contributed by atoms with Crippen LogP contribution >= 0.6 is 27.3 Å². The van der Waals surface area contributed by atoms with E-state index in [0.717, 1.165) is 10.0 Å². The lowest BCUT2D eigenvalue weighted by molar-refractivity contribution is 0.568. The summed E-state index contributed by atoms with van der Waals surface area (Å²) in [6.45, 7) is 0.673. The standard InChI is InChI=1S/C13H12BrNO2S2/c14-10-5-6-18-12(10)7-15-11-8-19(16,17)13-4-2-1-3-9(11)13/h1-6,11,15H,7-8H2. The van der Waals surface area contributed by atoms with Crippen molar-refractivity contribution in [3.8, 4) is 0 Å². The summed E-state index contributed by atoms with van der Waals surface area (Å²) in [7, 11) is -3.13. The van der Waals surface area contributed by atoms with Gasteiger partial charge in [-0.15, -0.1) is 11.3 Å². The van der Waals surface area contributed by atoms with E-state index in [4.69, 9.17) is 0 Å². The number of halogens is 1. The van der Waals surface area contributed by atoms with Gasteiger partial charge in [0.2, 0.25) is 0 Å². The van der Waals surface area contributed by atoms with E-state index in [-0.39, 0.29) is 11.8 Å². The largest absolute Gasteiger partial charge is 0.304 e. The smallest absolute Gasteiger partial charge is 0.180 e. The van der Waals surface area contributed by atoms with E-state index in [2.05, 4.69) is 21.2 Å². The molecule has 1 aromatic carbocycles. The van der Waals surface area contributed by atoms with Crippen molar-refractivity contribution in [1.82, 2.24) is 5.32 Å². The highest BCUT2D eigenvalue weighted by atomic mass is 79.9. The lowest BCUT2D eigenvalue weighted by atomic mass is 10.1. The van der Waals surface area contributed by atoms with Gasteiger partial charge in [-0.05, 0) is 39.0 Å². The van der Waals surface area contributed by atoms with Crippen LogP contribution in [0.25, 0.3) is 0 Å². The molecule has 1 aliphatic rings. The molecule has 100 valence electrons. The molecular weight excluding hydrogens is 346 g/mol. The summed E-state index contributed by atoms with van der Waals surface area (Å²) >= 11 is 5.14. The van der Waals surface area contributed by atoms with Crippen LogP contribution in [0.1, 0.15) is 16.5 Å². The van der Waals surface area contributed by atoms with E-state index >= 15 is 0 Å². The molecule has 1 aliphatic heterocycles. The average molecular weight is 358 g/mol. The maximum atomic E-state index is 12.0. The first-order valence-electron chi connectivity index (χ1n) is 5.85. The fourth-order valence-electron chi connectivity index (χ4n) is 2.29. The Balaban J connectivity index is 1.83. The van der Waals surface area contributed by atoms with Crippen molar-refractivity contribution in [1.29, 1.82) is 0 Å². The van der Waals surface area contributed by atoms with Gasteiger partial charge in [-0.25, -0.2) is 8.42 Å². The summed E-state index contributed by atoms with van der Waals surface area (Å²) in [5.74, 6) is 0.148. The van der Waals surface area contributed by atoms with Gasteiger partial charge >= 0.3 is 0 Å². The fraction of sp³-hybridized carbons (Fsp3) is 0.231. The number of fused-ring (bicyclic) bond motifs is 1. The molecule has 0 aliphatic carbocycles. The van der Waals surface area contributed by atoms with E-state index in [1.807, 2.05) is 23.6 Å². The Morgan fingerprint density at radius 2 is 2.11 bits per heavy atom. The van der Waals surface area contributed by atoms with Crippen molar-refractivity contribution < 1.29 is 8.42 Å². The molecule has 0 saturated heterocycles. The predicted molar refractivity (Wildman–Crippen MR) is 80.1 cm³/mol. The van der Waals surface area contributed by atoms with Crippen LogP contribution in [0.3, 0.4) is 0 Å². The van der Waals surface area contributed by atoms with Crippen molar-refractivity contribution in [3.05, 3.63) is 50.6 Å². The lowest BCUT2D eigenvalue weighted by Crippen LogP contribution is -2.22. The third-order valence-corrected chi connectivity index (χ3v) is 6.96. The van der Waals surface area contributed by atoms with Gasteiger partial charge in [0.1, 0.15) is 0 Å². The summed E-state index contributed by atoms with van der Waals surface area (Å²) in [5, 5.41) is 5.35. The second-order valence-electron chi connectivity index (χ2n) is 4.44. The quantitative estimate of drug-likeness (QED) is 0.917. The van der Waals surface area contributed by atoms with Crippen molar-refractivity contribution in [3.63, 3.8) is 0 Å². The van der Waals surface area contributed by atoms with Crippen LogP contribution in [0.15, 0.2) is 45.1 Å². The highest BCUT2D eigenvalue weighted by Gasteiger charge is 2.33. The van der Waals surface area contributed by atoms with Crippen LogP contribution in [0.5, 0.6) is 0 Å². The molecule has 0 saturated carbocycles. The van der Waals surface area contributed by atoms with E-state index in [0.29, 0.717) is 11.4 Å². The van der Waals surface area contributed by atoms with Crippen molar-refractivity contribution in [2.45, 2.75) is 17.5 Å². The topological polar surface area (TPSA) is 46.2 Å². The number of hydrogen-bond donors (Lipinski definition) is 1. The maximum absolute atomic E-state index is 12.0. The molecule has 2 heterocycles. The molecule has 19 heavy (non-hydrogen) atoms. The molecule has 1 aromatic heterocycles. The summed E-state index contributed by atoms with van der Waals surface area (Å²) in [4.78, 5) is 1.65. The maximum Gasteiger partial charge on any atom is 0.180 e. The number of benzene rings is 1. The summed E-state index contributed by atoms with van der Waals surface area (Å²) in [6, 6.07) is 9.12. The zero-order valence-corrected chi connectivity index (χ0v) is 13.2. The minimum atomic E-state index is -3.13. The van der Waals surface area contributed by atoms with Gasteiger partial charge in [0.05, 0.1) is 10.6 Å². The zero-order valence-electron chi connectivity index (χ0n) is 9.97. The first-order chi connectivity index (χ1) is 9.08. The molecular formula is C13H12BrNO2S2. The first-order valence-corrected chi connectivity index (χ1v) is 9.17. The van der Waals surface area contributed by atoms with E-state index in [1.165, 1.54) is 4.88 Å². The Kier molecular flexibility index (Phi) is 3.51. The molecule has 0 radical (unpaired) electrons. The van der Waals surface area contributed by atoms with Crippen LogP contribution in [-0.2, 0) is 16.4 Å². The second-order valence-corrected chi connectivity index (χ2v) is 8.30.